The van der Waals surface area contributed by atoms with E-state index in [0.717, 1.165) is 6.42 Å². The molecule has 26 heavy (non-hydrogen) atoms. The highest BCUT2D eigenvalue weighted by Crippen LogP contribution is 2.46. The first-order valence-electron chi connectivity index (χ1n) is 9.33. The van der Waals surface area contributed by atoms with Gasteiger partial charge in [0.15, 0.2) is 9.84 Å². The van der Waals surface area contributed by atoms with Gasteiger partial charge in [0.25, 0.3) is 0 Å². The fraction of sp³-hybridized carbons (Fsp3) is 0.684. The van der Waals surface area contributed by atoms with Crippen LogP contribution in [0.3, 0.4) is 0 Å². The average Bonchev–Trinajstić information content (AvgIpc) is 2.57. The Hall–Kier alpha value is -1.08. The van der Waals surface area contributed by atoms with Crippen molar-refractivity contribution in [3.63, 3.8) is 0 Å². The SMILES string of the molecule is O=S(=O)(c1ccccc1)C1(CCCN2CCCC(C(F)(F)F)C2)CCC1. The van der Waals surface area contributed by atoms with E-state index < -0.39 is 26.7 Å². The molecule has 2 aliphatic rings. The van der Waals surface area contributed by atoms with Gasteiger partial charge in [-0.2, -0.15) is 13.2 Å². The van der Waals surface area contributed by atoms with E-state index in [1.165, 1.54) is 0 Å². The third-order valence-electron chi connectivity index (χ3n) is 5.96. The molecular formula is C19H26F3NO2S. The van der Waals surface area contributed by atoms with Crippen LogP contribution in [-0.4, -0.2) is 43.9 Å². The van der Waals surface area contributed by atoms with Crippen LogP contribution in [0.1, 0.15) is 44.9 Å². The molecule has 2 fully saturated rings. The molecule has 1 aliphatic carbocycles. The molecular weight excluding hydrogens is 363 g/mol. The van der Waals surface area contributed by atoms with Gasteiger partial charge in [0.05, 0.1) is 15.6 Å². The quantitative estimate of drug-likeness (QED) is 0.722. The molecule has 0 radical (unpaired) electrons. The molecule has 146 valence electrons. The molecule has 3 nitrogen and oxygen atoms in total. The normalized spacial score (nSPS) is 24.2. The largest absolute Gasteiger partial charge is 0.393 e. The molecule has 0 amide bonds. The lowest BCUT2D eigenvalue weighted by atomic mass is 9.80. The molecule has 1 heterocycles. The second-order valence-electron chi connectivity index (χ2n) is 7.64. The number of hydrogen-bond acceptors (Lipinski definition) is 3. The molecule has 7 heteroatoms. The Kier molecular flexibility index (Phi) is 5.68. The number of sulfone groups is 1. The lowest BCUT2D eigenvalue weighted by Gasteiger charge is -2.42. The van der Waals surface area contributed by atoms with Gasteiger partial charge >= 0.3 is 6.18 Å². The highest BCUT2D eigenvalue weighted by atomic mass is 32.2. The van der Waals surface area contributed by atoms with Crippen molar-refractivity contribution in [1.29, 1.82) is 0 Å². The van der Waals surface area contributed by atoms with E-state index in [4.69, 9.17) is 0 Å². The van der Waals surface area contributed by atoms with Crippen molar-refractivity contribution in [2.24, 2.45) is 5.92 Å². The smallest absolute Gasteiger partial charge is 0.303 e. The Morgan fingerprint density at radius 3 is 2.38 bits per heavy atom. The summed E-state index contributed by atoms with van der Waals surface area (Å²) in [6, 6.07) is 8.51. The first kappa shape index (κ1) is 19.7. The number of hydrogen-bond donors (Lipinski definition) is 0. The van der Waals surface area contributed by atoms with Gasteiger partial charge in [0.2, 0.25) is 0 Å². The summed E-state index contributed by atoms with van der Waals surface area (Å²) in [7, 11) is -3.40. The molecule has 0 N–H and O–H groups in total. The summed E-state index contributed by atoms with van der Waals surface area (Å²) in [5.74, 6) is -1.25. The Labute approximate surface area is 153 Å². The van der Waals surface area contributed by atoms with Gasteiger partial charge in [-0.3, -0.25) is 0 Å². The summed E-state index contributed by atoms with van der Waals surface area (Å²) in [5.41, 5.74) is 0. The monoisotopic (exact) mass is 389 g/mol. The lowest BCUT2D eigenvalue weighted by Crippen LogP contribution is -2.46. The van der Waals surface area contributed by atoms with E-state index >= 15 is 0 Å². The third-order valence-corrected chi connectivity index (χ3v) is 8.61. The lowest BCUT2D eigenvalue weighted by molar-refractivity contribution is -0.186. The molecule has 1 saturated carbocycles. The zero-order valence-corrected chi connectivity index (χ0v) is 15.7. The van der Waals surface area contributed by atoms with E-state index in [1.807, 2.05) is 4.90 Å². The Morgan fingerprint density at radius 1 is 1.12 bits per heavy atom. The van der Waals surface area contributed by atoms with Gasteiger partial charge in [-0.25, -0.2) is 8.42 Å². The second-order valence-corrected chi connectivity index (χ2v) is 9.98. The maximum absolute atomic E-state index is 13.0. The summed E-state index contributed by atoms with van der Waals surface area (Å²) >= 11 is 0. The summed E-state index contributed by atoms with van der Waals surface area (Å²) < 4.78 is 64.1. The maximum atomic E-state index is 13.0. The molecule has 1 aromatic carbocycles. The van der Waals surface area contributed by atoms with Crippen LogP contribution in [0.4, 0.5) is 13.2 Å². The van der Waals surface area contributed by atoms with Gasteiger partial charge in [0.1, 0.15) is 0 Å². The molecule has 1 saturated heterocycles. The third kappa shape index (κ3) is 3.93. The summed E-state index contributed by atoms with van der Waals surface area (Å²) in [6.45, 7) is 1.26. The van der Waals surface area contributed by atoms with Crippen LogP contribution in [0, 0.1) is 5.92 Å². The van der Waals surface area contributed by atoms with Gasteiger partial charge in [-0.15, -0.1) is 0 Å². The van der Waals surface area contributed by atoms with E-state index in [9.17, 15) is 21.6 Å². The first-order chi connectivity index (χ1) is 12.2. The van der Waals surface area contributed by atoms with Gasteiger partial charge in [-0.05, 0) is 63.7 Å². The predicted octanol–water partition coefficient (Wildman–Crippen LogP) is 4.44. The molecule has 0 spiro atoms. The number of rotatable bonds is 6. The molecule has 0 bridgehead atoms. The average molecular weight is 389 g/mol. The Bertz CT molecular complexity index is 699. The minimum Gasteiger partial charge on any atom is -0.303 e. The number of halogens is 3. The molecule has 1 unspecified atom stereocenters. The zero-order chi connectivity index (χ0) is 18.8. The van der Waals surface area contributed by atoms with Crippen molar-refractivity contribution in [3.05, 3.63) is 30.3 Å². The van der Waals surface area contributed by atoms with Crippen LogP contribution < -0.4 is 0 Å². The fourth-order valence-electron chi connectivity index (χ4n) is 4.22. The first-order valence-corrected chi connectivity index (χ1v) is 10.8. The fourth-order valence-corrected chi connectivity index (χ4v) is 6.48. The Balaban J connectivity index is 1.60. The Morgan fingerprint density at radius 2 is 1.81 bits per heavy atom. The van der Waals surface area contributed by atoms with Crippen LogP contribution in [0.25, 0.3) is 0 Å². The molecule has 3 rings (SSSR count). The standard InChI is InChI=1S/C19H26F3NO2S/c20-19(21,22)16-7-4-13-23(15-16)14-6-12-18(10-5-11-18)26(24,25)17-8-2-1-3-9-17/h1-3,8-9,16H,4-7,10-15H2. The van der Waals surface area contributed by atoms with Gasteiger partial charge in [-0.1, -0.05) is 24.6 Å². The summed E-state index contributed by atoms with van der Waals surface area (Å²) in [4.78, 5) is 2.21. The van der Waals surface area contributed by atoms with Crippen molar-refractivity contribution >= 4 is 9.84 Å². The molecule has 0 aromatic heterocycles. The minimum atomic E-state index is -4.13. The van der Waals surface area contributed by atoms with Crippen LogP contribution in [0.5, 0.6) is 0 Å². The van der Waals surface area contributed by atoms with E-state index in [-0.39, 0.29) is 13.0 Å². The number of alkyl halides is 3. The predicted molar refractivity (Wildman–Crippen MR) is 94.7 cm³/mol. The number of nitrogens with zero attached hydrogens (tertiary/aromatic N) is 1. The van der Waals surface area contributed by atoms with Crippen molar-refractivity contribution < 1.29 is 21.6 Å². The number of piperidine rings is 1. The second kappa shape index (κ2) is 7.50. The highest BCUT2D eigenvalue weighted by Gasteiger charge is 2.49. The van der Waals surface area contributed by atoms with Crippen molar-refractivity contribution in [1.82, 2.24) is 4.90 Å². The van der Waals surface area contributed by atoms with E-state index in [0.29, 0.717) is 50.1 Å². The minimum absolute atomic E-state index is 0.0436. The topological polar surface area (TPSA) is 37.4 Å². The molecule has 1 atom stereocenters. The van der Waals surface area contributed by atoms with Crippen LogP contribution in [0.2, 0.25) is 0 Å². The van der Waals surface area contributed by atoms with E-state index in [1.54, 1.807) is 30.3 Å². The molecule has 1 aromatic rings. The zero-order valence-electron chi connectivity index (χ0n) is 14.8. The number of likely N-dealkylation sites (tertiary alicyclic amines) is 1. The van der Waals surface area contributed by atoms with Crippen LogP contribution in [0.15, 0.2) is 35.2 Å². The van der Waals surface area contributed by atoms with Crippen molar-refractivity contribution in [2.75, 3.05) is 19.6 Å². The molecule has 1 aliphatic heterocycles. The number of benzene rings is 1. The summed E-state index contributed by atoms with van der Waals surface area (Å²) in [5, 5.41) is 0. The summed E-state index contributed by atoms with van der Waals surface area (Å²) in [6.07, 6.45) is -0.0424. The van der Waals surface area contributed by atoms with Gasteiger partial charge < -0.3 is 4.90 Å². The van der Waals surface area contributed by atoms with Gasteiger partial charge in [0, 0.05) is 6.54 Å². The van der Waals surface area contributed by atoms with Crippen molar-refractivity contribution in [2.45, 2.75) is 60.8 Å². The van der Waals surface area contributed by atoms with Crippen molar-refractivity contribution in [3.8, 4) is 0 Å². The highest BCUT2D eigenvalue weighted by molar-refractivity contribution is 7.93. The maximum Gasteiger partial charge on any atom is 0.393 e. The van der Waals surface area contributed by atoms with Crippen LogP contribution in [-0.2, 0) is 9.84 Å². The van der Waals surface area contributed by atoms with E-state index in [2.05, 4.69) is 0 Å². The van der Waals surface area contributed by atoms with Crippen LogP contribution >= 0.6 is 0 Å².